The largest absolute Gasteiger partial charge is 0.383 e. The molecule has 8 heteroatoms. The van der Waals surface area contributed by atoms with Crippen LogP contribution in [0, 0.1) is 6.92 Å². The molecule has 0 aliphatic carbocycles. The van der Waals surface area contributed by atoms with E-state index in [1.165, 1.54) is 11.3 Å². The molecular formula is C10H14ClN5OS. The van der Waals surface area contributed by atoms with E-state index in [1.807, 2.05) is 6.92 Å². The number of methoxy groups -OCH3 is 1. The van der Waals surface area contributed by atoms with E-state index in [-0.39, 0.29) is 0 Å². The van der Waals surface area contributed by atoms with Crippen molar-refractivity contribution in [1.82, 2.24) is 25.3 Å². The Morgan fingerprint density at radius 1 is 1.50 bits per heavy atom. The maximum Gasteiger partial charge on any atom is 0.232 e. The van der Waals surface area contributed by atoms with E-state index in [2.05, 4.69) is 20.6 Å². The van der Waals surface area contributed by atoms with Gasteiger partial charge in [-0.05, 0) is 6.92 Å². The highest BCUT2D eigenvalue weighted by atomic mass is 35.5. The summed E-state index contributed by atoms with van der Waals surface area (Å²) in [5.74, 6) is 0. The minimum absolute atomic E-state index is 0.630. The number of rotatable bonds is 6. The standard InChI is InChI=1S/C10H14ClN5OS/c1-7-8(11)6-16(15-7)10-14-13-9(18-10)5-12-3-4-17-2/h6,12H,3-5H2,1-2H3. The van der Waals surface area contributed by atoms with Gasteiger partial charge in [-0.25, -0.2) is 4.68 Å². The Morgan fingerprint density at radius 3 is 3.00 bits per heavy atom. The lowest BCUT2D eigenvalue weighted by Crippen LogP contribution is -2.18. The normalized spacial score (nSPS) is 11.1. The number of hydrogen-bond donors (Lipinski definition) is 1. The predicted octanol–water partition coefficient (Wildman–Crippen LogP) is 1.42. The first kappa shape index (κ1) is 13.4. The second kappa shape index (κ2) is 6.24. The molecule has 2 rings (SSSR count). The lowest BCUT2D eigenvalue weighted by molar-refractivity contribution is 0.199. The Labute approximate surface area is 114 Å². The summed E-state index contributed by atoms with van der Waals surface area (Å²) in [6.45, 7) is 4.00. The molecule has 1 N–H and O–H groups in total. The lowest BCUT2D eigenvalue weighted by Gasteiger charge is -1.99. The molecule has 2 heterocycles. The fourth-order valence-corrected chi connectivity index (χ4v) is 2.18. The van der Waals surface area contributed by atoms with Crippen LogP contribution in [0.5, 0.6) is 0 Å². The lowest BCUT2D eigenvalue weighted by atomic mass is 10.5. The van der Waals surface area contributed by atoms with Crippen LogP contribution in [-0.2, 0) is 11.3 Å². The van der Waals surface area contributed by atoms with Crippen LogP contribution in [0.4, 0.5) is 0 Å². The van der Waals surface area contributed by atoms with Gasteiger partial charge in [0.1, 0.15) is 5.01 Å². The average molecular weight is 288 g/mol. The zero-order valence-electron chi connectivity index (χ0n) is 10.2. The molecule has 0 unspecified atom stereocenters. The Kier molecular flexibility index (Phi) is 4.65. The van der Waals surface area contributed by atoms with Crippen LogP contribution in [0.2, 0.25) is 5.02 Å². The highest BCUT2D eigenvalue weighted by molar-refractivity contribution is 7.13. The summed E-state index contributed by atoms with van der Waals surface area (Å²) in [5, 5.41) is 17.9. The second-order valence-corrected chi connectivity index (χ2v) is 5.10. The number of nitrogens with zero attached hydrogens (tertiary/aromatic N) is 4. The topological polar surface area (TPSA) is 64.9 Å². The third kappa shape index (κ3) is 3.26. The van der Waals surface area contributed by atoms with Crippen LogP contribution >= 0.6 is 22.9 Å². The third-order valence-electron chi connectivity index (χ3n) is 2.25. The zero-order chi connectivity index (χ0) is 13.0. The van der Waals surface area contributed by atoms with Crippen molar-refractivity contribution in [3.05, 3.63) is 21.9 Å². The number of hydrogen-bond acceptors (Lipinski definition) is 6. The minimum Gasteiger partial charge on any atom is -0.383 e. The first-order valence-electron chi connectivity index (χ1n) is 5.45. The van der Waals surface area contributed by atoms with Gasteiger partial charge in [-0.1, -0.05) is 22.9 Å². The van der Waals surface area contributed by atoms with E-state index in [0.717, 1.165) is 17.2 Å². The van der Waals surface area contributed by atoms with E-state index in [0.29, 0.717) is 23.3 Å². The van der Waals surface area contributed by atoms with Gasteiger partial charge < -0.3 is 10.1 Å². The number of nitrogens with one attached hydrogen (secondary N) is 1. The summed E-state index contributed by atoms with van der Waals surface area (Å²) >= 11 is 7.43. The molecule has 0 atom stereocenters. The smallest absolute Gasteiger partial charge is 0.232 e. The monoisotopic (exact) mass is 287 g/mol. The van der Waals surface area contributed by atoms with Gasteiger partial charge in [-0.15, -0.1) is 10.2 Å². The molecule has 0 aliphatic heterocycles. The Balaban J connectivity index is 1.97. The SMILES string of the molecule is COCCNCc1nnc(-n2cc(Cl)c(C)n2)s1. The van der Waals surface area contributed by atoms with Crippen LogP contribution in [0.15, 0.2) is 6.20 Å². The van der Waals surface area contributed by atoms with Gasteiger partial charge in [0.05, 0.1) is 23.5 Å². The van der Waals surface area contributed by atoms with E-state index in [1.54, 1.807) is 18.0 Å². The predicted molar refractivity (Wildman–Crippen MR) is 70.4 cm³/mol. The molecule has 0 spiro atoms. The van der Waals surface area contributed by atoms with Crippen molar-refractivity contribution in [2.75, 3.05) is 20.3 Å². The third-order valence-corrected chi connectivity index (χ3v) is 3.53. The van der Waals surface area contributed by atoms with Crippen LogP contribution in [0.3, 0.4) is 0 Å². The number of ether oxygens (including phenoxy) is 1. The maximum absolute atomic E-state index is 5.95. The molecule has 18 heavy (non-hydrogen) atoms. The van der Waals surface area contributed by atoms with Crippen molar-refractivity contribution in [3.63, 3.8) is 0 Å². The summed E-state index contributed by atoms with van der Waals surface area (Å²) in [5.41, 5.74) is 0.784. The van der Waals surface area contributed by atoms with E-state index in [9.17, 15) is 0 Å². The van der Waals surface area contributed by atoms with Crippen molar-refractivity contribution in [2.45, 2.75) is 13.5 Å². The van der Waals surface area contributed by atoms with Gasteiger partial charge in [-0.2, -0.15) is 5.10 Å². The molecule has 0 saturated carbocycles. The van der Waals surface area contributed by atoms with Gasteiger partial charge in [-0.3, -0.25) is 0 Å². The van der Waals surface area contributed by atoms with Gasteiger partial charge in [0.2, 0.25) is 5.13 Å². The van der Waals surface area contributed by atoms with Crippen molar-refractivity contribution in [1.29, 1.82) is 0 Å². The summed E-state index contributed by atoms with van der Waals surface area (Å²) in [6.07, 6.45) is 1.74. The molecule has 2 aromatic heterocycles. The summed E-state index contributed by atoms with van der Waals surface area (Å²) in [6, 6.07) is 0. The van der Waals surface area contributed by atoms with Crippen LogP contribution < -0.4 is 5.32 Å². The highest BCUT2D eigenvalue weighted by Crippen LogP contribution is 2.18. The minimum atomic E-state index is 0.630. The molecule has 6 nitrogen and oxygen atoms in total. The number of aromatic nitrogens is 4. The summed E-state index contributed by atoms with van der Waals surface area (Å²) < 4.78 is 6.59. The fourth-order valence-electron chi connectivity index (χ4n) is 1.32. The molecule has 0 amide bonds. The molecular weight excluding hydrogens is 274 g/mol. The van der Waals surface area contributed by atoms with Crippen LogP contribution in [0.1, 0.15) is 10.7 Å². The first-order valence-corrected chi connectivity index (χ1v) is 6.64. The van der Waals surface area contributed by atoms with Crippen LogP contribution in [0.25, 0.3) is 5.13 Å². The molecule has 0 saturated heterocycles. The molecule has 0 aliphatic rings. The molecule has 2 aromatic rings. The number of aryl methyl sites for hydroxylation is 1. The van der Waals surface area contributed by atoms with Gasteiger partial charge in [0.25, 0.3) is 0 Å². The molecule has 0 fully saturated rings. The van der Waals surface area contributed by atoms with E-state index < -0.39 is 0 Å². The van der Waals surface area contributed by atoms with Crippen molar-refractivity contribution in [2.24, 2.45) is 0 Å². The van der Waals surface area contributed by atoms with Gasteiger partial charge in [0, 0.05) is 20.2 Å². The van der Waals surface area contributed by atoms with Crippen molar-refractivity contribution >= 4 is 22.9 Å². The fraction of sp³-hybridized carbons (Fsp3) is 0.500. The van der Waals surface area contributed by atoms with Crippen LogP contribution in [-0.4, -0.2) is 40.2 Å². The van der Waals surface area contributed by atoms with E-state index >= 15 is 0 Å². The van der Waals surface area contributed by atoms with Gasteiger partial charge in [0.15, 0.2) is 0 Å². The Hall–Kier alpha value is -1.02. The highest BCUT2D eigenvalue weighted by Gasteiger charge is 2.09. The number of halogens is 1. The molecule has 0 radical (unpaired) electrons. The first-order chi connectivity index (χ1) is 8.70. The Morgan fingerprint density at radius 2 is 2.33 bits per heavy atom. The molecule has 0 aromatic carbocycles. The zero-order valence-corrected chi connectivity index (χ0v) is 11.8. The molecule has 98 valence electrons. The molecule has 0 bridgehead atoms. The summed E-state index contributed by atoms with van der Waals surface area (Å²) in [4.78, 5) is 0. The van der Waals surface area contributed by atoms with Crippen molar-refractivity contribution in [3.8, 4) is 5.13 Å². The summed E-state index contributed by atoms with van der Waals surface area (Å²) in [7, 11) is 1.68. The Bertz CT molecular complexity index is 493. The van der Waals surface area contributed by atoms with E-state index in [4.69, 9.17) is 16.3 Å². The quantitative estimate of drug-likeness (QED) is 0.814. The van der Waals surface area contributed by atoms with Crippen molar-refractivity contribution < 1.29 is 4.74 Å². The maximum atomic E-state index is 5.95. The second-order valence-electron chi connectivity index (χ2n) is 3.65. The van der Waals surface area contributed by atoms with Gasteiger partial charge >= 0.3 is 0 Å². The average Bonchev–Trinajstić information content (AvgIpc) is 2.93.